The fraction of sp³-hybridized carbons (Fsp3) is 0.444. The van der Waals surface area contributed by atoms with Gasteiger partial charge in [-0.15, -0.1) is 0 Å². The quantitative estimate of drug-likeness (QED) is 0.768. The minimum atomic E-state index is -0.403. The van der Waals surface area contributed by atoms with Crippen LogP contribution < -0.4 is 20.1 Å². The van der Waals surface area contributed by atoms with Crippen LogP contribution in [0.1, 0.15) is 18.5 Å². The predicted molar refractivity (Wildman–Crippen MR) is 101 cm³/mol. The van der Waals surface area contributed by atoms with Crippen LogP contribution in [0.3, 0.4) is 0 Å². The monoisotopic (exact) mass is 377 g/mol. The highest BCUT2D eigenvalue weighted by molar-refractivity contribution is 7.80. The van der Waals surface area contributed by atoms with E-state index in [1.54, 1.807) is 20.3 Å². The molecule has 1 atom stereocenters. The number of morpholine rings is 1. The van der Waals surface area contributed by atoms with E-state index in [9.17, 15) is 4.79 Å². The summed E-state index contributed by atoms with van der Waals surface area (Å²) in [4.78, 5) is 15.0. The van der Waals surface area contributed by atoms with Crippen LogP contribution in [0, 0.1) is 0 Å². The summed E-state index contributed by atoms with van der Waals surface area (Å²) in [6.45, 7) is 4.12. The van der Waals surface area contributed by atoms with Crippen LogP contribution in [0.2, 0.25) is 0 Å². The molecule has 2 heterocycles. The lowest BCUT2D eigenvalue weighted by Crippen LogP contribution is -2.49. The number of thiocarbonyl (C=S) groups is 1. The van der Waals surface area contributed by atoms with Crippen molar-refractivity contribution in [1.29, 1.82) is 0 Å². The number of amides is 1. The van der Waals surface area contributed by atoms with Gasteiger partial charge in [-0.3, -0.25) is 4.79 Å². The number of nitrogens with one attached hydrogen (secondary N) is 2. The van der Waals surface area contributed by atoms with Crippen molar-refractivity contribution in [3.63, 3.8) is 0 Å². The number of allylic oxidation sites excluding steroid dienone is 1. The molecule has 1 amide bonds. The minimum Gasteiger partial charge on any atom is -0.497 e. The molecular weight excluding hydrogens is 354 g/mol. The first-order valence-electron chi connectivity index (χ1n) is 8.42. The maximum Gasteiger partial charge on any atom is 0.254 e. The molecule has 0 unspecified atom stereocenters. The lowest BCUT2D eigenvalue weighted by molar-refractivity contribution is -0.131. The summed E-state index contributed by atoms with van der Waals surface area (Å²) >= 11 is 5.32. The van der Waals surface area contributed by atoms with Crippen molar-refractivity contribution < 1.29 is 19.0 Å². The van der Waals surface area contributed by atoms with Gasteiger partial charge in [0.05, 0.1) is 39.0 Å². The summed E-state index contributed by atoms with van der Waals surface area (Å²) in [5.74, 6) is 1.28. The molecular formula is C18H23N3O4S. The predicted octanol–water partition coefficient (Wildman–Crippen LogP) is 1.36. The van der Waals surface area contributed by atoms with E-state index in [4.69, 9.17) is 26.4 Å². The second kappa shape index (κ2) is 7.92. The maximum atomic E-state index is 13.2. The fourth-order valence-corrected chi connectivity index (χ4v) is 3.48. The second-order valence-electron chi connectivity index (χ2n) is 6.08. The molecule has 0 spiro atoms. The molecule has 0 saturated carbocycles. The average Bonchev–Trinajstić information content (AvgIpc) is 2.67. The van der Waals surface area contributed by atoms with Crippen molar-refractivity contribution in [2.75, 3.05) is 40.5 Å². The SMILES string of the molecule is COc1ccc([C@H]2NC(=S)NC(C)=C2C(=O)N2CCOCC2)c(OC)c1. The number of hydrogen-bond acceptors (Lipinski definition) is 5. The minimum absolute atomic E-state index is 0.0313. The zero-order valence-corrected chi connectivity index (χ0v) is 15.9. The van der Waals surface area contributed by atoms with Gasteiger partial charge in [-0.1, -0.05) is 0 Å². The highest BCUT2D eigenvalue weighted by atomic mass is 32.1. The molecule has 1 saturated heterocycles. The van der Waals surface area contributed by atoms with Gasteiger partial charge < -0.3 is 29.7 Å². The summed E-state index contributed by atoms with van der Waals surface area (Å²) < 4.78 is 16.2. The fourth-order valence-electron chi connectivity index (χ4n) is 3.20. The third kappa shape index (κ3) is 3.61. The molecule has 0 radical (unpaired) electrons. The summed E-state index contributed by atoms with van der Waals surface area (Å²) in [6, 6.07) is 5.13. The van der Waals surface area contributed by atoms with E-state index in [-0.39, 0.29) is 5.91 Å². The van der Waals surface area contributed by atoms with E-state index in [0.717, 1.165) is 11.3 Å². The van der Waals surface area contributed by atoms with Gasteiger partial charge in [0.1, 0.15) is 11.5 Å². The summed E-state index contributed by atoms with van der Waals surface area (Å²) in [7, 11) is 3.20. The Morgan fingerprint density at radius 1 is 1.27 bits per heavy atom. The van der Waals surface area contributed by atoms with Crippen LogP contribution in [-0.4, -0.2) is 56.4 Å². The van der Waals surface area contributed by atoms with Gasteiger partial charge in [-0.2, -0.15) is 0 Å². The van der Waals surface area contributed by atoms with E-state index in [2.05, 4.69) is 10.6 Å². The molecule has 2 aliphatic rings. The molecule has 0 bridgehead atoms. The first kappa shape index (κ1) is 18.5. The number of hydrogen-bond donors (Lipinski definition) is 2. The summed E-state index contributed by atoms with van der Waals surface area (Å²) in [6.07, 6.45) is 0. The van der Waals surface area contributed by atoms with Crippen LogP contribution in [0.5, 0.6) is 11.5 Å². The van der Waals surface area contributed by atoms with Crippen LogP contribution in [0.4, 0.5) is 0 Å². The van der Waals surface area contributed by atoms with Crippen molar-refractivity contribution in [2.24, 2.45) is 0 Å². The standard InChI is InChI=1S/C18H23N3O4S/c1-11-15(17(22)21-6-8-25-9-7-21)16(20-18(26)19-11)13-5-4-12(23-2)10-14(13)24-3/h4-5,10,16H,6-9H2,1-3H3,(H2,19,20,26)/t16-/m1/s1. The molecule has 8 heteroatoms. The smallest absolute Gasteiger partial charge is 0.254 e. The Labute approximate surface area is 158 Å². The van der Waals surface area contributed by atoms with E-state index in [0.29, 0.717) is 48.5 Å². The Balaban J connectivity index is 2.01. The Morgan fingerprint density at radius 2 is 2.00 bits per heavy atom. The number of nitrogens with zero attached hydrogens (tertiary/aromatic N) is 1. The van der Waals surface area contributed by atoms with Crippen molar-refractivity contribution in [3.05, 3.63) is 35.0 Å². The molecule has 1 aromatic carbocycles. The van der Waals surface area contributed by atoms with Gasteiger partial charge >= 0.3 is 0 Å². The van der Waals surface area contributed by atoms with Crippen LogP contribution in [0.15, 0.2) is 29.5 Å². The first-order chi connectivity index (χ1) is 12.5. The van der Waals surface area contributed by atoms with Crippen molar-refractivity contribution in [3.8, 4) is 11.5 Å². The van der Waals surface area contributed by atoms with Crippen LogP contribution in [0.25, 0.3) is 0 Å². The van der Waals surface area contributed by atoms with E-state index < -0.39 is 6.04 Å². The number of ether oxygens (including phenoxy) is 3. The Bertz CT molecular complexity index is 744. The van der Waals surface area contributed by atoms with Gasteiger partial charge in [0.25, 0.3) is 5.91 Å². The first-order valence-corrected chi connectivity index (χ1v) is 8.83. The van der Waals surface area contributed by atoms with Crippen molar-refractivity contribution in [2.45, 2.75) is 13.0 Å². The Kier molecular flexibility index (Phi) is 5.63. The molecule has 2 N–H and O–H groups in total. The molecule has 7 nitrogen and oxygen atoms in total. The third-order valence-corrected chi connectivity index (χ3v) is 4.77. The van der Waals surface area contributed by atoms with Gasteiger partial charge in [-0.05, 0) is 31.3 Å². The number of carbonyl (C=O) groups is 1. The van der Waals surface area contributed by atoms with Gasteiger partial charge in [0.15, 0.2) is 5.11 Å². The van der Waals surface area contributed by atoms with Gasteiger partial charge in [0, 0.05) is 30.4 Å². The Morgan fingerprint density at radius 3 is 2.65 bits per heavy atom. The molecule has 26 heavy (non-hydrogen) atoms. The zero-order valence-electron chi connectivity index (χ0n) is 15.1. The highest BCUT2D eigenvalue weighted by Gasteiger charge is 2.34. The van der Waals surface area contributed by atoms with Crippen molar-refractivity contribution >= 4 is 23.2 Å². The number of benzene rings is 1. The van der Waals surface area contributed by atoms with Crippen LogP contribution >= 0.6 is 12.2 Å². The summed E-state index contributed by atoms with van der Waals surface area (Å²) in [5, 5.41) is 6.75. The topological polar surface area (TPSA) is 72.1 Å². The van der Waals surface area contributed by atoms with Gasteiger partial charge in [0.2, 0.25) is 0 Å². The number of rotatable bonds is 4. The summed E-state index contributed by atoms with van der Waals surface area (Å²) in [5.41, 5.74) is 2.20. The highest BCUT2D eigenvalue weighted by Crippen LogP contribution is 2.36. The molecule has 140 valence electrons. The van der Waals surface area contributed by atoms with E-state index >= 15 is 0 Å². The molecule has 1 aromatic rings. The van der Waals surface area contributed by atoms with Crippen molar-refractivity contribution in [1.82, 2.24) is 15.5 Å². The normalized spacial score (nSPS) is 20.3. The lowest BCUT2D eigenvalue weighted by Gasteiger charge is -2.35. The van der Waals surface area contributed by atoms with E-state index in [1.807, 2.05) is 24.0 Å². The largest absolute Gasteiger partial charge is 0.497 e. The lowest BCUT2D eigenvalue weighted by atomic mass is 9.93. The maximum absolute atomic E-state index is 13.2. The molecule has 3 rings (SSSR count). The molecule has 0 aromatic heterocycles. The average molecular weight is 377 g/mol. The second-order valence-corrected chi connectivity index (χ2v) is 6.49. The third-order valence-electron chi connectivity index (χ3n) is 4.55. The number of carbonyl (C=O) groups excluding carboxylic acids is 1. The number of methoxy groups -OCH3 is 2. The molecule has 0 aliphatic carbocycles. The Hall–Kier alpha value is -2.32. The van der Waals surface area contributed by atoms with E-state index in [1.165, 1.54) is 0 Å². The van der Waals surface area contributed by atoms with Gasteiger partial charge in [-0.25, -0.2) is 0 Å². The zero-order chi connectivity index (χ0) is 18.7. The van der Waals surface area contributed by atoms with Crippen LogP contribution in [-0.2, 0) is 9.53 Å². The molecule has 1 fully saturated rings. The molecule has 2 aliphatic heterocycles.